The predicted molar refractivity (Wildman–Crippen MR) is 39.9 cm³/mol. The van der Waals surface area contributed by atoms with Crippen LogP contribution in [0, 0.1) is 11.8 Å². The molecule has 0 saturated carbocycles. The number of pyridine rings is 1. The Balaban J connectivity index is 2.95. The molecule has 3 heteroatoms. The number of aromatic nitrogens is 1. The van der Waals surface area contributed by atoms with Crippen molar-refractivity contribution in [2.75, 3.05) is 6.61 Å². The lowest BCUT2D eigenvalue weighted by atomic mass is 10.2. The maximum absolute atomic E-state index is 9.09. The molecule has 0 aliphatic rings. The minimum absolute atomic E-state index is 0.0356. The molecule has 2 N–H and O–H groups in total. The molecule has 0 unspecified atom stereocenters. The van der Waals surface area contributed by atoms with E-state index in [4.69, 9.17) is 10.2 Å². The fraction of sp³-hybridized carbons (Fsp3) is 0.125. The van der Waals surface area contributed by atoms with Gasteiger partial charge in [-0.25, -0.2) is 0 Å². The lowest BCUT2D eigenvalue weighted by Crippen LogP contribution is -1.79. The molecule has 0 atom stereocenters. The molecule has 1 rings (SSSR count). The molecule has 1 heterocycles. The van der Waals surface area contributed by atoms with E-state index in [9.17, 15) is 0 Å². The van der Waals surface area contributed by atoms with E-state index in [0.29, 0.717) is 5.56 Å². The van der Waals surface area contributed by atoms with Crippen LogP contribution in [0.1, 0.15) is 5.56 Å². The molecular formula is C8H7NO2. The number of hydrogen-bond donors (Lipinski definition) is 2. The average Bonchev–Trinajstić information content (AvgIpc) is 2.03. The molecule has 0 spiro atoms. The fourth-order valence-electron chi connectivity index (χ4n) is 0.627. The Morgan fingerprint density at radius 2 is 2.36 bits per heavy atom. The van der Waals surface area contributed by atoms with Crippen LogP contribution in [0.4, 0.5) is 0 Å². The van der Waals surface area contributed by atoms with E-state index < -0.39 is 0 Å². The minimum atomic E-state index is -0.207. The second kappa shape index (κ2) is 3.59. The second-order valence-corrected chi connectivity index (χ2v) is 1.85. The Bertz CT molecular complexity index is 298. The first-order chi connectivity index (χ1) is 5.34. The van der Waals surface area contributed by atoms with Gasteiger partial charge in [0.15, 0.2) is 0 Å². The van der Waals surface area contributed by atoms with Gasteiger partial charge in [-0.3, -0.25) is 4.98 Å². The van der Waals surface area contributed by atoms with Crippen LogP contribution in [0.3, 0.4) is 0 Å². The second-order valence-electron chi connectivity index (χ2n) is 1.85. The smallest absolute Gasteiger partial charge is 0.149 e. The van der Waals surface area contributed by atoms with Crippen LogP contribution in [0.15, 0.2) is 18.5 Å². The largest absolute Gasteiger partial charge is 0.505 e. The molecular weight excluding hydrogens is 142 g/mol. The van der Waals surface area contributed by atoms with Gasteiger partial charge in [0.25, 0.3) is 0 Å². The zero-order chi connectivity index (χ0) is 8.10. The standard InChI is InChI=1S/C8H7NO2/c10-5-1-2-7-3-4-9-6-8(7)11/h3-4,6,10-11H,5H2. The van der Waals surface area contributed by atoms with Gasteiger partial charge in [0.1, 0.15) is 12.4 Å². The minimum Gasteiger partial charge on any atom is -0.505 e. The Hall–Kier alpha value is -1.53. The first kappa shape index (κ1) is 7.58. The molecule has 0 fully saturated rings. The third-order valence-corrected chi connectivity index (χ3v) is 1.10. The molecule has 0 aliphatic carbocycles. The van der Waals surface area contributed by atoms with Crippen molar-refractivity contribution >= 4 is 0 Å². The van der Waals surface area contributed by atoms with Crippen molar-refractivity contribution in [2.24, 2.45) is 0 Å². The van der Waals surface area contributed by atoms with Gasteiger partial charge < -0.3 is 10.2 Å². The van der Waals surface area contributed by atoms with E-state index in [0.717, 1.165) is 0 Å². The van der Waals surface area contributed by atoms with Gasteiger partial charge in [-0.15, -0.1) is 0 Å². The highest BCUT2D eigenvalue weighted by Crippen LogP contribution is 2.11. The lowest BCUT2D eigenvalue weighted by molar-refractivity contribution is 0.350. The highest BCUT2D eigenvalue weighted by atomic mass is 16.3. The van der Waals surface area contributed by atoms with Gasteiger partial charge in [0, 0.05) is 6.20 Å². The molecule has 3 nitrogen and oxygen atoms in total. The van der Waals surface area contributed by atoms with Crippen LogP contribution in [0.2, 0.25) is 0 Å². The first-order valence-electron chi connectivity index (χ1n) is 3.07. The summed E-state index contributed by atoms with van der Waals surface area (Å²) in [6.07, 6.45) is 2.84. The normalized spacial score (nSPS) is 8.45. The lowest BCUT2D eigenvalue weighted by Gasteiger charge is -1.91. The number of rotatable bonds is 0. The van der Waals surface area contributed by atoms with Gasteiger partial charge in [0.05, 0.1) is 11.8 Å². The zero-order valence-corrected chi connectivity index (χ0v) is 5.78. The third kappa shape index (κ3) is 1.95. The maximum Gasteiger partial charge on any atom is 0.149 e. The summed E-state index contributed by atoms with van der Waals surface area (Å²) in [5.74, 6) is 5.03. The molecule has 1 aromatic heterocycles. The number of nitrogens with zero attached hydrogens (tertiary/aromatic N) is 1. The van der Waals surface area contributed by atoms with Gasteiger partial charge in [-0.1, -0.05) is 11.8 Å². The Kier molecular flexibility index (Phi) is 2.47. The summed E-state index contributed by atoms with van der Waals surface area (Å²) in [5, 5.41) is 17.4. The molecule has 11 heavy (non-hydrogen) atoms. The van der Waals surface area contributed by atoms with E-state index in [2.05, 4.69) is 16.8 Å². The van der Waals surface area contributed by atoms with Crippen molar-refractivity contribution < 1.29 is 10.2 Å². The highest BCUT2D eigenvalue weighted by molar-refractivity contribution is 5.42. The molecule has 0 amide bonds. The molecule has 0 bridgehead atoms. The predicted octanol–water partition coefficient (Wildman–Crippen LogP) is 0.131. The monoisotopic (exact) mass is 149 g/mol. The van der Waals surface area contributed by atoms with Crippen LogP contribution in [-0.2, 0) is 0 Å². The van der Waals surface area contributed by atoms with Crippen molar-refractivity contribution in [2.45, 2.75) is 0 Å². The van der Waals surface area contributed by atoms with Crippen molar-refractivity contribution in [1.82, 2.24) is 4.98 Å². The molecule has 0 radical (unpaired) electrons. The molecule has 0 saturated heterocycles. The van der Waals surface area contributed by atoms with Crippen molar-refractivity contribution in [3.8, 4) is 17.6 Å². The van der Waals surface area contributed by atoms with Gasteiger partial charge in [-0.2, -0.15) is 0 Å². The van der Waals surface area contributed by atoms with E-state index >= 15 is 0 Å². The maximum atomic E-state index is 9.09. The Labute approximate surface area is 64.3 Å². The van der Waals surface area contributed by atoms with Crippen molar-refractivity contribution in [3.05, 3.63) is 24.0 Å². The molecule has 1 aromatic rings. The zero-order valence-electron chi connectivity index (χ0n) is 5.78. The van der Waals surface area contributed by atoms with Crippen LogP contribution in [-0.4, -0.2) is 21.8 Å². The average molecular weight is 149 g/mol. The number of aliphatic hydroxyl groups is 1. The SMILES string of the molecule is OCC#Cc1ccncc1O. The summed E-state index contributed by atoms with van der Waals surface area (Å²) in [6, 6.07) is 1.58. The van der Waals surface area contributed by atoms with Gasteiger partial charge >= 0.3 is 0 Å². The summed E-state index contributed by atoms with van der Waals surface area (Å²) >= 11 is 0. The van der Waals surface area contributed by atoms with Crippen LogP contribution in [0.5, 0.6) is 5.75 Å². The number of hydrogen-bond acceptors (Lipinski definition) is 3. The Morgan fingerprint density at radius 3 is 3.00 bits per heavy atom. The fourth-order valence-corrected chi connectivity index (χ4v) is 0.627. The van der Waals surface area contributed by atoms with Crippen molar-refractivity contribution in [3.63, 3.8) is 0 Å². The van der Waals surface area contributed by atoms with Crippen LogP contribution >= 0.6 is 0 Å². The molecule has 0 aromatic carbocycles. The van der Waals surface area contributed by atoms with E-state index in [1.54, 1.807) is 6.07 Å². The summed E-state index contributed by atoms with van der Waals surface area (Å²) < 4.78 is 0. The summed E-state index contributed by atoms with van der Waals surface area (Å²) in [6.45, 7) is -0.207. The van der Waals surface area contributed by atoms with Gasteiger partial charge in [-0.05, 0) is 6.07 Å². The quantitative estimate of drug-likeness (QED) is 0.515. The number of aromatic hydroxyl groups is 1. The first-order valence-corrected chi connectivity index (χ1v) is 3.07. The topological polar surface area (TPSA) is 53.4 Å². The summed E-state index contributed by atoms with van der Waals surface area (Å²) in [7, 11) is 0. The summed E-state index contributed by atoms with van der Waals surface area (Å²) in [5.41, 5.74) is 0.481. The van der Waals surface area contributed by atoms with Crippen LogP contribution in [0.25, 0.3) is 0 Å². The third-order valence-electron chi connectivity index (χ3n) is 1.10. The van der Waals surface area contributed by atoms with Gasteiger partial charge in [0.2, 0.25) is 0 Å². The van der Waals surface area contributed by atoms with Crippen molar-refractivity contribution in [1.29, 1.82) is 0 Å². The molecule has 56 valence electrons. The Morgan fingerprint density at radius 1 is 1.55 bits per heavy atom. The highest BCUT2D eigenvalue weighted by Gasteiger charge is 1.92. The van der Waals surface area contributed by atoms with Crippen LogP contribution < -0.4 is 0 Å². The molecule has 0 aliphatic heterocycles. The van der Waals surface area contributed by atoms with E-state index in [1.807, 2.05) is 0 Å². The number of aliphatic hydroxyl groups excluding tert-OH is 1. The van der Waals surface area contributed by atoms with E-state index in [1.165, 1.54) is 12.4 Å². The summed E-state index contributed by atoms with van der Waals surface area (Å²) in [4.78, 5) is 3.67. The van der Waals surface area contributed by atoms with E-state index in [-0.39, 0.29) is 12.4 Å².